The first-order valence-electron chi connectivity index (χ1n) is 4.53. The molecule has 2 rings (SSSR count). The Morgan fingerprint density at radius 1 is 1.19 bits per heavy atom. The lowest BCUT2D eigenvalue weighted by Gasteiger charge is -2.28. The van der Waals surface area contributed by atoms with E-state index in [1.807, 2.05) is 4.90 Å². The van der Waals surface area contributed by atoms with E-state index < -0.39 is 11.2 Å². The lowest BCUT2D eigenvalue weighted by atomic mass is 10.4. The smallest absolute Gasteiger partial charge is 0.327 e. The van der Waals surface area contributed by atoms with Gasteiger partial charge in [-0.3, -0.25) is 14.8 Å². The second kappa shape index (κ2) is 5.51. The summed E-state index contributed by atoms with van der Waals surface area (Å²) in [6, 6.07) is 0. The molecular weight excluding hydrogens is 301 g/mol. The van der Waals surface area contributed by atoms with Crippen LogP contribution in [0.25, 0.3) is 0 Å². The first-order chi connectivity index (χ1) is 7.18. The molecule has 2 heterocycles. The molecule has 0 radical (unpaired) electrons. The van der Waals surface area contributed by atoms with Crippen molar-refractivity contribution in [2.75, 3.05) is 31.2 Å². The van der Waals surface area contributed by atoms with Gasteiger partial charge in [0.25, 0.3) is 5.56 Å². The van der Waals surface area contributed by atoms with Gasteiger partial charge in [0.2, 0.25) is 0 Å². The number of morpholine rings is 1. The molecule has 6 nitrogen and oxygen atoms in total. The van der Waals surface area contributed by atoms with Crippen LogP contribution in [0.5, 0.6) is 0 Å². The van der Waals surface area contributed by atoms with Crippen molar-refractivity contribution in [2.45, 2.75) is 0 Å². The van der Waals surface area contributed by atoms with Gasteiger partial charge >= 0.3 is 5.69 Å². The first-order valence-corrected chi connectivity index (χ1v) is 5.32. The fourth-order valence-electron chi connectivity index (χ4n) is 1.46. The fourth-order valence-corrected chi connectivity index (χ4v) is 1.91. The Kier molecular flexibility index (Phi) is 4.57. The minimum absolute atomic E-state index is 0. The van der Waals surface area contributed by atoms with Crippen molar-refractivity contribution in [1.82, 2.24) is 9.97 Å². The Hall–Kier alpha value is -0.790. The number of nitrogens with zero attached hydrogens (tertiary/aromatic N) is 1. The van der Waals surface area contributed by atoms with E-state index in [0.717, 1.165) is 0 Å². The number of aromatic amines is 2. The van der Waals surface area contributed by atoms with E-state index in [1.54, 1.807) is 0 Å². The van der Waals surface area contributed by atoms with Crippen molar-refractivity contribution < 1.29 is 4.74 Å². The quantitative estimate of drug-likeness (QED) is 0.770. The number of aromatic nitrogens is 2. The number of nitrogens with one attached hydrogen (secondary N) is 2. The van der Waals surface area contributed by atoms with Crippen molar-refractivity contribution in [3.8, 4) is 0 Å². The van der Waals surface area contributed by atoms with E-state index in [0.29, 0.717) is 36.6 Å². The molecular formula is C8H11BrClN3O3. The third-order valence-corrected chi connectivity index (χ3v) is 2.93. The molecule has 1 aliphatic rings. The van der Waals surface area contributed by atoms with E-state index in [4.69, 9.17) is 4.74 Å². The van der Waals surface area contributed by atoms with Gasteiger partial charge in [0.05, 0.1) is 13.2 Å². The van der Waals surface area contributed by atoms with E-state index in [2.05, 4.69) is 25.9 Å². The van der Waals surface area contributed by atoms with Gasteiger partial charge in [0.1, 0.15) is 10.3 Å². The zero-order chi connectivity index (χ0) is 10.8. The molecule has 0 spiro atoms. The summed E-state index contributed by atoms with van der Waals surface area (Å²) in [4.78, 5) is 29.1. The molecule has 1 aromatic rings. The number of ether oxygens (including phenoxy) is 1. The molecule has 0 bridgehead atoms. The molecule has 0 amide bonds. The number of halogens is 2. The minimum atomic E-state index is -0.496. The van der Waals surface area contributed by atoms with Gasteiger partial charge in [0.15, 0.2) is 0 Å². The average Bonchev–Trinajstić information content (AvgIpc) is 2.24. The van der Waals surface area contributed by atoms with Crippen molar-refractivity contribution >= 4 is 34.2 Å². The predicted octanol–water partition coefficient (Wildman–Crippen LogP) is 0.0841. The number of H-pyrrole nitrogens is 2. The van der Waals surface area contributed by atoms with E-state index in [-0.39, 0.29) is 12.4 Å². The van der Waals surface area contributed by atoms with Crippen molar-refractivity contribution in [2.24, 2.45) is 0 Å². The highest BCUT2D eigenvalue weighted by molar-refractivity contribution is 9.10. The largest absolute Gasteiger partial charge is 0.378 e. The summed E-state index contributed by atoms with van der Waals surface area (Å²) in [5.41, 5.74) is -0.912. The second-order valence-corrected chi connectivity index (χ2v) is 3.96. The summed E-state index contributed by atoms with van der Waals surface area (Å²) in [7, 11) is 0. The summed E-state index contributed by atoms with van der Waals surface area (Å²) < 4.78 is 5.54. The molecule has 0 aliphatic carbocycles. The minimum Gasteiger partial charge on any atom is -0.378 e. The summed E-state index contributed by atoms with van der Waals surface area (Å²) in [5, 5.41) is 0. The third-order valence-electron chi connectivity index (χ3n) is 2.19. The molecule has 0 saturated carbocycles. The van der Waals surface area contributed by atoms with Gasteiger partial charge in [-0.25, -0.2) is 4.79 Å². The molecule has 1 saturated heterocycles. The van der Waals surface area contributed by atoms with E-state index in [9.17, 15) is 9.59 Å². The lowest BCUT2D eigenvalue weighted by Crippen LogP contribution is -2.39. The summed E-state index contributed by atoms with van der Waals surface area (Å²) in [6.45, 7) is 2.53. The maximum absolute atomic E-state index is 11.3. The highest BCUT2D eigenvalue weighted by Gasteiger charge is 2.16. The summed E-state index contributed by atoms with van der Waals surface area (Å²) >= 11 is 3.15. The SMILES string of the molecule is Cl.O=c1[nH]c(N2CCOCC2)c(Br)c(=O)[nH]1. The maximum Gasteiger partial charge on any atom is 0.327 e. The monoisotopic (exact) mass is 311 g/mol. The molecule has 2 N–H and O–H groups in total. The molecule has 90 valence electrons. The van der Waals surface area contributed by atoms with Gasteiger partial charge in [-0.15, -0.1) is 12.4 Å². The van der Waals surface area contributed by atoms with Crippen LogP contribution in [0.2, 0.25) is 0 Å². The van der Waals surface area contributed by atoms with E-state index >= 15 is 0 Å². The Morgan fingerprint density at radius 3 is 2.44 bits per heavy atom. The average molecular weight is 313 g/mol. The maximum atomic E-state index is 11.3. The molecule has 0 aromatic carbocycles. The van der Waals surface area contributed by atoms with Crippen molar-refractivity contribution in [1.29, 1.82) is 0 Å². The molecule has 1 aliphatic heterocycles. The summed E-state index contributed by atoms with van der Waals surface area (Å²) in [5.74, 6) is 0.520. The normalized spacial score (nSPS) is 15.7. The highest BCUT2D eigenvalue weighted by Crippen LogP contribution is 2.18. The zero-order valence-electron chi connectivity index (χ0n) is 8.29. The molecule has 1 fully saturated rings. The molecule has 0 unspecified atom stereocenters. The summed E-state index contributed by atoms with van der Waals surface area (Å²) in [6.07, 6.45) is 0. The number of anilines is 1. The zero-order valence-corrected chi connectivity index (χ0v) is 10.7. The molecule has 8 heteroatoms. The number of hydrogen-bond donors (Lipinski definition) is 2. The number of hydrogen-bond acceptors (Lipinski definition) is 4. The first kappa shape index (κ1) is 13.3. The van der Waals surface area contributed by atoms with Gasteiger partial charge in [-0.2, -0.15) is 0 Å². The van der Waals surface area contributed by atoms with Gasteiger partial charge in [-0.1, -0.05) is 0 Å². The van der Waals surface area contributed by atoms with Gasteiger partial charge in [0, 0.05) is 13.1 Å². The van der Waals surface area contributed by atoms with Crippen LogP contribution in [0, 0.1) is 0 Å². The molecule has 0 atom stereocenters. The van der Waals surface area contributed by atoms with Crippen LogP contribution in [-0.2, 0) is 4.74 Å². The van der Waals surface area contributed by atoms with E-state index in [1.165, 1.54) is 0 Å². The number of rotatable bonds is 1. The van der Waals surface area contributed by atoms with Crippen LogP contribution < -0.4 is 16.1 Å². The van der Waals surface area contributed by atoms with Crippen LogP contribution in [0.15, 0.2) is 14.1 Å². The Morgan fingerprint density at radius 2 is 1.81 bits per heavy atom. The van der Waals surface area contributed by atoms with Crippen molar-refractivity contribution in [3.63, 3.8) is 0 Å². The van der Waals surface area contributed by atoms with Crippen molar-refractivity contribution in [3.05, 3.63) is 25.3 Å². The third kappa shape index (κ3) is 2.66. The molecule has 1 aromatic heterocycles. The predicted molar refractivity (Wildman–Crippen MR) is 65.7 cm³/mol. The van der Waals surface area contributed by atoms with Crippen LogP contribution >= 0.6 is 28.3 Å². The second-order valence-electron chi connectivity index (χ2n) is 3.17. The van der Waals surface area contributed by atoms with Gasteiger partial charge < -0.3 is 9.64 Å². The molecule has 16 heavy (non-hydrogen) atoms. The Bertz CT molecular complexity index is 466. The van der Waals surface area contributed by atoms with Gasteiger partial charge in [-0.05, 0) is 15.9 Å². The standard InChI is InChI=1S/C8H10BrN3O3.ClH/c9-5-6(10-8(14)11-7(5)13)12-1-3-15-4-2-12;/h1-4H2,(H2,10,11,13,14);1H. The van der Waals surface area contributed by atoms with Crippen LogP contribution in [0.4, 0.5) is 5.82 Å². The Labute approximate surface area is 106 Å². The lowest BCUT2D eigenvalue weighted by molar-refractivity contribution is 0.122. The topological polar surface area (TPSA) is 78.2 Å². The van der Waals surface area contributed by atoms with Crippen LogP contribution in [0.1, 0.15) is 0 Å². The van der Waals surface area contributed by atoms with Crippen LogP contribution in [0.3, 0.4) is 0 Å². The van der Waals surface area contributed by atoms with Crippen LogP contribution in [-0.4, -0.2) is 36.3 Å². The Balaban J connectivity index is 0.00000128. The fraction of sp³-hybridized carbons (Fsp3) is 0.500. The highest BCUT2D eigenvalue weighted by atomic mass is 79.9.